The van der Waals surface area contributed by atoms with Crippen molar-refractivity contribution in [2.75, 3.05) is 81.2 Å². The van der Waals surface area contributed by atoms with Crippen LogP contribution in [0.1, 0.15) is 232 Å². The fourth-order valence-electron chi connectivity index (χ4n) is 6.69. The van der Waals surface area contributed by atoms with Crippen molar-refractivity contribution >= 4 is 47.7 Å². The van der Waals surface area contributed by atoms with E-state index in [1.165, 1.54) is 62.8 Å². The van der Waals surface area contributed by atoms with Gasteiger partial charge in [-0.05, 0) is 121 Å². The first-order valence-electron chi connectivity index (χ1n) is 29.7. The molecule has 0 atom stereocenters. The number of quaternary nitrogens is 1. The average molecular weight is 1140 g/mol. The van der Waals surface area contributed by atoms with Gasteiger partial charge >= 0.3 is 17.9 Å². The lowest BCUT2D eigenvalue weighted by atomic mass is 10.1. The maximum Gasteiger partial charge on any atom is 0.328 e. The number of hydrogen-bond donors (Lipinski definition) is 3. The molecular weight excluding hydrogens is 1010 g/mol. The number of rotatable bonds is 38. The number of unbranched alkanes of at least 4 members (excludes halogenated alkanes) is 12. The first kappa shape index (κ1) is 88.5. The topological polar surface area (TPSA) is 220 Å². The molecule has 468 valence electrons. The molecule has 0 saturated carbocycles. The zero-order valence-corrected chi connectivity index (χ0v) is 52.2. The SMILES string of the molecule is C.C=C.C=Cc1ccc(C(=O)N(C)CCC)cc1.CCCCCCCC(=O)OCCCCCC(=O)N(C)CCC.CCCCCCCC(=O)OCCCCCC(=O)[O-].CCCN(C)C(=O)C=CC(=O)O.CCCNC.CCC[NH2+]C. The van der Waals surface area contributed by atoms with Crippen molar-refractivity contribution in [1.82, 2.24) is 20.0 Å². The summed E-state index contributed by atoms with van der Waals surface area (Å²) in [5.41, 5.74) is 1.77. The molecule has 0 aliphatic heterocycles. The predicted molar refractivity (Wildman–Crippen MR) is 332 cm³/mol. The molecule has 3 amide bonds. The molecule has 1 aromatic rings. The first-order valence-corrected chi connectivity index (χ1v) is 29.7. The van der Waals surface area contributed by atoms with E-state index in [0.29, 0.717) is 45.4 Å². The minimum absolute atomic E-state index is 0. The summed E-state index contributed by atoms with van der Waals surface area (Å²) >= 11 is 0. The molecule has 0 bridgehead atoms. The number of carbonyl (C=O) groups is 7. The molecule has 0 fully saturated rings. The van der Waals surface area contributed by atoms with E-state index in [2.05, 4.69) is 79.0 Å². The van der Waals surface area contributed by atoms with E-state index in [1.54, 1.807) is 22.9 Å². The Hall–Kier alpha value is -5.35. The van der Waals surface area contributed by atoms with Crippen molar-refractivity contribution in [2.24, 2.45) is 0 Å². The van der Waals surface area contributed by atoms with E-state index in [9.17, 15) is 38.7 Å². The Morgan fingerprint density at radius 2 is 1.00 bits per heavy atom. The fraction of sp³-hybridized carbons (Fsp3) is 0.703. The van der Waals surface area contributed by atoms with Gasteiger partial charge in [-0.15, -0.1) is 13.2 Å². The number of ether oxygens (including phenoxy) is 2. The number of carboxylic acid groups (broad SMARTS) is 2. The average Bonchev–Trinajstić information content (AvgIpc) is 3.43. The van der Waals surface area contributed by atoms with E-state index in [1.807, 2.05) is 52.3 Å². The number of amides is 3. The molecule has 16 nitrogen and oxygen atoms in total. The van der Waals surface area contributed by atoms with Crippen LogP contribution in [0.4, 0.5) is 0 Å². The fourth-order valence-corrected chi connectivity index (χ4v) is 6.69. The van der Waals surface area contributed by atoms with Crippen LogP contribution in [0.2, 0.25) is 0 Å². The van der Waals surface area contributed by atoms with Gasteiger partial charge in [0.15, 0.2) is 0 Å². The summed E-state index contributed by atoms with van der Waals surface area (Å²) in [6.45, 7) is 30.0. The summed E-state index contributed by atoms with van der Waals surface area (Å²) in [5, 5.41) is 23.6. The second kappa shape index (κ2) is 71.7. The molecule has 1 aromatic carbocycles. The van der Waals surface area contributed by atoms with Crippen molar-refractivity contribution in [3.63, 3.8) is 0 Å². The van der Waals surface area contributed by atoms with Crippen LogP contribution in [0.3, 0.4) is 0 Å². The molecule has 80 heavy (non-hydrogen) atoms. The van der Waals surface area contributed by atoms with Gasteiger partial charge in [0.2, 0.25) is 11.8 Å². The number of nitrogens with two attached hydrogens (primary N) is 1. The predicted octanol–water partition coefficient (Wildman–Crippen LogP) is 11.5. The van der Waals surface area contributed by atoms with Crippen molar-refractivity contribution in [3.8, 4) is 0 Å². The quantitative estimate of drug-likeness (QED) is 0.0244. The lowest BCUT2D eigenvalue weighted by Gasteiger charge is -2.15. The number of benzene rings is 1. The van der Waals surface area contributed by atoms with Gasteiger partial charge in [-0.2, -0.15) is 0 Å². The summed E-state index contributed by atoms with van der Waals surface area (Å²) in [6.07, 6.45) is 26.9. The van der Waals surface area contributed by atoms with Crippen LogP contribution in [0.25, 0.3) is 6.08 Å². The molecular formula is C64H121N5O11. The normalized spacial score (nSPS) is 9.65. The number of aliphatic carboxylic acids is 2. The van der Waals surface area contributed by atoms with Gasteiger partial charge in [0.05, 0.1) is 26.8 Å². The van der Waals surface area contributed by atoms with Crippen LogP contribution in [0, 0.1) is 0 Å². The highest BCUT2D eigenvalue weighted by atomic mass is 16.5. The third-order valence-electron chi connectivity index (χ3n) is 11.2. The Morgan fingerprint density at radius 1 is 0.575 bits per heavy atom. The van der Waals surface area contributed by atoms with E-state index >= 15 is 0 Å². The molecule has 4 N–H and O–H groups in total. The highest BCUT2D eigenvalue weighted by Gasteiger charge is 2.10. The summed E-state index contributed by atoms with van der Waals surface area (Å²) in [5.74, 6) is -2.31. The maximum atomic E-state index is 11.8. The molecule has 1 rings (SSSR count). The Balaban J connectivity index is -0.000000168. The van der Waals surface area contributed by atoms with Crippen LogP contribution in [-0.4, -0.2) is 143 Å². The van der Waals surface area contributed by atoms with Gasteiger partial charge in [-0.1, -0.05) is 132 Å². The summed E-state index contributed by atoms with van der Waals surface area (Å²) in [6, 6.07) is 7.48. The highest BCUT2D eigenvalue weighted by Crippen LogP contribution is 2.10. The van der Waals surface area contributed by atoms with Crippen molar-refractivity contribution in [3.05, 3.63) is 67.3 Å². The monoisotopic (exact) mass is 1140 g/mol. The third-order valence-corrected chi connectivity index (χ3v) is 11.2. The number of likely N-dealkylation sites (N-methyl/N-ethyl adjacent to an activating group) is 1. The first-order chi connectivity index (χ1) is 37.9. The van der Waals surface area contributed by atoms with Crippen LogP contribution >= 0.6 is 0 Å². The number of carbonyl (C=O) groups excluding carboxylic acids is 6. The van der Waals surface area contributed by atoms with Crippen LogP contribution in [0.15, 0.2) is 56.2 Å². The lowest BCUT2D eigenvalue weighted by molar-refractivity contribution is -0.626. The zero-order chi connectivity index (χ0) is 61.3. The van der Waals surface area contributed by atoms with E-state index in [4.69, 9.17) is 14.6 Å². The third kappa shape index (κ3) is 70.7. The summed E-state index contributed by atoms with van der Waals surface area (Å²) < 4.78 is 10.3. The second-order valence-corrected chi connectivity index (χ2v) is 18.9. The number of nitrogens with one attached hydrogen (secondary N) is 1. The lowest BCUT2D eigenvalue weighted by Crippen LogP contribution is -2.79. The number of esters is 2. The Kier molecular flexibility index (Phi) is 79.3. The molecule has 0 spiro atoms. The number of carboxylic acids is 2. The molecule has 0 aromatic heterocycles. The Bertz CT molecular complexity index is 1610. The number of hydrogen-bond acceptors (Lipinski definition) is 11. The Labute approximate surface area is 489 Å². The van der Waals surface area contributed by atoms with Gasteiger partial charge in [0.1, 0.15) is 0 Å². The minimum Gasteiger partial charge on any atom is -0.550 e. The van der Waals surface area contributed by atoms with Gasteiger partial charge in [0.25, 0.3) is 5.91 Å². The van der Waals surface area contributed by atoms with Crippen LogP contribution in [-0.2, 0) is 38.2 Å². The van der Waals surface area contributed by atoms with Crippen molar-refractivity contribution in [1.29, 1.82) is 0 Å². The van der Waals surface area contributed by atoms with Gasteiger partial charge in [0, 0.05) is 83.7 Å². The van der Waals surface area contributed by atoms with Gasteiger partial charge < -0.3 is 49.8 Å². The van der Waals surface area contributed by atoms with Gasteiger partial charge in [-0.25, -0.2) is 4.79 Å². The molecule has 0 aliphatic carbocycles. The summed E-state index contributed by atoms with van der Waals surface area (Å²) in [7, 11) is 9.37. The maximum absolute atomic E-state index is 11.8. The molecule has 0 saturated heterocycles. The zero-order valence-electron chi connectivity index (χ0n) is 52.2. The largest absolute Gasteiger partial charge is 0.550 e. The van der Waals surface area contributed by atoms with Crippen LogP contribution < -0.4 is 15.7 Å². The molecule has 0 radical (unpaired) electrons. The minimum atomic E-state index is -1.10. The molecule has 0 heterocycles. The van der Waals surface area contributed by atoms with Gasteiger partial charge in [-0.3, -0.25) is 24.0 Å². The smallest absolute Gasteiger partial charge is 0.328 e. The van der Waals surface area contributed by atoms with E-state index in [-0.39, 0.29) is 43.5 Å². The molecule has 16 heteroatoms. The second-order valence-electron chi connectivity index (χ2n) is 18.9. The molecule has 0 unspecified atom stereocenters. The van der Waals surface area contributed by atoms with E-state index in [0.717, 1.165) is 120 Å². The highest BCUT2D eigenvalue weighted by molar-refractivity contribution is 5.94. The number of nitrogens with zero attached hydrogens (tertiary/aromatic N) is 3. The van der Waals surface area contributed by atoms with Crippen LogP contribution in [0.5, 0.6) is 0 Å². The van der Waals surface area contributed by atoms with Crippen molar-refractivity contribution in [2.45, 2.75) is 216 Å². The molecule has 0 aliphatic rings. The van der Waals surface area contributed by atoms with E-state index < -0.39 is 11.9 Å². The van der Waals surface area contributed by atoms with Crippen molar-refractivity contribution < 1.29 is 58.6 Å². The standard InChI is InChI=1S/C18H35NO3.C14H26O4.C13H17NO.C8H13NO3.2C4H11N.C2H4.CH4/c1-4-6-7-8-11-14-18(21)22-16-12-9-10-13-17(20)19(3)15-5-2;1-2-3-4-5-8-11-14(17)18-12-9-6-7-10-13(15)16;1-4-10-14(3)13(15)12-8-6-11(5-2)7-9-12;1-3-6-9(2)7(10)4-5-8(11)12;2*1-3-4-5-2;1-2;/h4-16H2,1-3H3;2-12H2,1H3,(H,15,16);5-9H,2,4,10H2,1,3H3;4-5H,3,6H2,1-2H3,(H,11,12);2*5H,3-4H2,1-2H3;1-2H2;1H4. The summed E-state index contributed by atoms with van der Waals surface area (Å²) in [4.78, 5) is 82.5. The Morgan fingerprint density at radius 3 is 1.36 bits per heavy atom.